The van der Waals surface area contributed by atoms with E-state index in [9.17, 15) is 5.11 Å². The molecule has 1 unspecified atom stereocenters. The van der Waals surface area contributed by atoms with Crippen LogP contribution in [0.3, 0.4) is 0 Å². The van der Waals surface area contributed by atoms with Crippen LogP contribution in [0, 0.1) is 0 Å². The maximum atomic E-state index is 9.26. The fourth-order valence-electron chi connectivity index (χ4n) is 2.17. The zero-order valence-electron chi connectivity index (χ0n) is 12.3. The van der Waals surface area contributed by atoms with Crippen molar-refractivity contribution in [3.63, 3.8) is 0 Å². The largest absolute Gasteiger partial charge is 0.508 e. The Morgan fingerprint density at radius 1 is 1.33 bits per heavy atom. The van der Waals surface area contributed by atoms with Crippen LogP contribution in [-0.4, -0.2) is 11.1 Å². The van der Waals surface area contributed by atoms with Crippen LogP contribution >= 0.6 is 0 Å². The van der Waals surface area contributed by atoms with Crippen molar-refractivity contribution in [2.45, 2.75) is 25.8 Å². The van der Waals surface area contributed by atoms with Gasteiger partial charge in [-0.25, -0.2) is 0 Å². The number of benzene rings is 1. The van der Waals surface area contributed by atoms with Crippen molar-refractivity contribution in [1.29, 1.82) is 0 Å². The van der Waals surface area contributed by atoms with E-state index in [1.54, 1.807) is 18.3 Å². The Kier molecular flexibility index (Phi) is 5.27. The molecule has 1 aliphatic heterocycles. The van der Waals surface area contributed by atoms with Gasteiger partial charge in [-0.3, -0.25) is 0 Å². The highest BCUT2D eigenvalue weighted by atomic mass is 16.3. The van der Waals surface area contributed by atoms with Gasteiger partial charge in [-0.15, -0.1) is 0 Å². The Balaban J connectivity index is 1.94. The monoisotopic (exact) mass is 282 g/mol. The van der Waals surface area contributed by atoms with Crippen LogP contribution in [-0.2, 0) is 6.42 Å². The van der Waals surface area contributed by atoms with Crippen LogP contribution in [0.4, 0.5) is 0 Å². The Morgan fingerprint density at radius 2 is 2.10 bits per heavy atom. The standard InChI is InChI=1S/C18H22N2O/c1-2-14-8-11-18(20-13-14)16(12-19)5-3-4-15-6-9-17(21)10-7-15/h3,5-13,18,20-21H,2,4,19H2,1H3/b5-3-,16-12+. The number of nitrogens with one attached hydrogen (secondary N) is 1. The van der Waals surface area contributed by atoms with Crippen molar-refractivity contribution < 1.29 is 5.11 Å². The fourth-order valence-corrected chi connectivity index (χ4v) is 2.17. The molecule has 1 aliphatic rings. The normalized spacial score (nSPS) is 18.6. The van der Waals surface area contributed by atoms with E-state index in [4.69, 9.17) is 5.73 Å². The van der Waals surface area contributed by atoms with Gasteiger partial charge < -0.3 is 16.2 Å². The molecule has 1 aromatic carbocycles. The average molecular weight is 282 g/mol. The molecule has 2 rings (SSSR count). The molecule has 3 nitrogen and oxygen atoms in total. The molecule has 0 saturated carbocycles. The second-order valence-corrected chi connectivity index (χ2v) is 5.02. The molecule has 0 spiro atoms. The second-order valence-electron chi connectivity index (χ2n) is 5.02. The Morgan fingerprint density at radius 3 is 2.67 bits per heavy atom. The minimum absolute atomic E-state index is 0.126. The smallest absolute Gasteiger partial charge is 0.115 e. The van der Waals surface area contributed by atoms with Gasteiger partial charge in [0.15, 0.2) is 0 Å². The molecule has 0 saturated heterocycles. The van der Waals surface area contributed by atoms with Gasteiger partial charge in [-0.05, 0) is 47.9 Å². The maximum absolute atomic E-state index is 9.26. The first-order chi connectivity index (χ1) is 10.2. The maximum Gasteiger partial charge on any atom is 0.115 e. The lowest BCUT2D eigenvalue weighted by molar-refractivity contribution is 0.475. The molecule has 0 radical (unpaired) electrons. The van der Waals surface area contributed by atoms with Crippen LogP contribution in [0.15, 0.2) is 72.1 Å². The van der Waals surface area contributed by atoms with Crippen molar-refractivity contribution in [2.24, 2.45) is 5.73 Å². The summed E-state index contributed by atoms with van der Waals surface area (Å²) in [5.41, 5.74) is 9.21. The van der Waals surface area contributed by atoms with Crippen molar-refractivity contribution in [2.75, 3.05) is 0 Å². The molecule has 110 valence electrons. The summed E-state index contributed by atoms with van der Waals surface area (Å²) in [6.07, 6.45) is 13.9. The van der Waals surface area contributed by atoms with Crippen molar-refractivity contribution in [1.82, 2.24) is 5.32 Å². The second kappa shape index (κ2) is 7.39. The molecule has 0 aliphatic carbocycles. The number of hydrogen-bond donors (Lipinski definition) is 3. The molecule has 1 atom stereocenters. The van der Waals surface area contributed by atoms with E-state index in [0.717, 1.165) is 24.0 Å². The number of allylic oxidation sites excluding steroid dienone is 3. The number of nitrogens with two attached hydrogens (primary N) is 1. The van der Waals surface area contributed by atoms with E-state index in [2.05, 4.69) is 30.5 Å². The molecule has 4 N–H and O–H groups in total. The lowest BCUT2D eigenvalue weighted by atomic mass is 10.0. The van der Waals surface area contributed by atoms with Crippen LogP contribution in [0.2, 0.25) is 0 Å². The van der Waals surface area contributed by atoms with Gasteiger partial charge in [0.1, 0.15) is 5.75 Å². The number of aromatic hydroxyl groups is 1. The third kappa shape index (κ3) is 4.28. The zero-order valence-corrected chi connectivity index (χ0v) is 12.3. The molecular weight excluding hydrogens is 260 g/mol. The first-order valence-corrected chi connectivity index (χ1v) is 7.22. The van der Waals surface area contributed by atoms with E-state index < -0.39 is 0 Å². The molecule has 3 heteroatoms. The Bertz CT molecular complexity index is 580. The summed E-state index contributed by atoms with van der Waals surface area (Å²) in [5.74, 6) is 0.292. The third-order valence-corrected chi connectivity index (χ3v) is 3.51. The first-order valence-electron chi connectivity index (χ1n) is 7.22. The molecule has 0 aromatic heterocycles. The van der Waals surface area contributed by atoms with Gasteiger partial charge in [0.2, 0.25) is 0 Å². The predicted molar refractivity (Wildman–Crippen MR) is 87.7 cm³/mol. The summed E-state index contributed by atoms with van der Waals surface area (Å²) in [4.78, 5) is 0. The molecule has 0 amide bonds. The van der Waals surface area contributed by atoms with E-state index in [1.165, 1.54) is 5.57 Å². The molecule has 0 fully saturated rings. The van der Waals surface area contributed by atoms with Gasteiger partial charge in [-0.2, -0.15) is 0 Å². The quantitative estimate of drug-likeness (QED) is 0.727. The van der Waals surface area contributed by atoms with Gasteiger partial charge in [-0.1, -0.05) is 43.4 Å². The summed E-state index contributed by atoms with van der Waals surface area (Å²) in [6, 6.07) is 7.36. The van der Waals surface area contributed by atoms with E-state index in [0.29, 0.717) is 5.75 Å². The number of hydrogen-bond acceptors (Lipinski definition) is 3. The number of rotatable bonds is 5. The Hall–Kier alpha value is -2.42. The average Bonchev–Trinajstić information content (AvgIpc) is 2.53. The molecule has 0 bridgehead atoms. The van der Waals surface area contributed by atoms with Gasteiger partial charge in [0, 0.05) is 6.20 Å². The molecule has 1 heterocycles. The predicted octanol–water partition coefficient (Wildman–Crippen LogP) is 3.16. The molecule has 1 aromatic rings. The minimum Gasteiger partial charge on any atom is -0.508 e. The summed E-state index contributed by atoms with van der Waals surface area (Å²) < 4.78 is 0. The number of dihydropyridines is 1. The highest BCUT2D eigenvalue weighted by Gasteiger charge is 2.09. The van der Waals surface area contributed by atoms with Crippen molar-refractivity contribution in [3.8, 4) is 5.75 Å². The fraction of sp³-hybridized carbons (Fsp3) is 0.222. The first kappa shape index (κ1) is 15.0. The van der Waals surface area contributed by atoms with Crippen LogP contribution in [0.5, 0.6) is 5.75 Å². The topological polar surface area (TPSA) is 58.3 Å². The van der Waals surface area contributed by atoms with E-state index >= 15 is 0 Å². The van der Waals surface area contributed by atoms with E-state index in [1.807, 2.05) is 24.4 Å². The van der Waals surface area contributed by atoms with E-state index in [-0.39, 0.29) is 6.04 Å². The van der Waals surface area contributed by atoms with Gasteiger partial charge in [0.25, 0.3) is 0 Å². The summed E-state index contributed by atoms with van der Waals surface area (Å²) >= 11 is 0. The van der Waals surface area contributed by atoms with Gasteiger partial charge >= 0.3 is 0 Å². The Labute approximate surface area is 126 Å². The summed E-state index contributed by atoms with van der Waals surface area (Å²) in [7, 11) is 0. The molecular formula is C18H22N2O. The van der Waals surface area contributed by atoms with Crippen LogP contribution in [0.25, 0.3) is 0 Å². The van der Waals surface area contributed by atoms with Crippen LogP contribution in [0.1, 0.15) is 18.9 Å². The van der Waals surface area contributed by atoms with Gasteiger partial charge in [0.05, 0.1) is 6.04 Å². The highest BCUT2D eigenvalue weighted by Crippen LogP contribution is 2.14. The van der Waals surface area contributed by atoms with Crippen molar-refractivity contribution in [3.05, 3.63) is 77.7 Å². The molecule has 21 heavy (non-hydrogen) atoms. The number of phenolic OH excluding ortho intramolecular Hbond substituents is 1. The SMILES string of the molecule is CCC1=CNC(C(/C=C\Cc2ccc(O)cc2)=C/N)C=C1. The summed E-state index contributed by atoms with van der Waals surface area (Å²) in [5, 5.41) is 12.6. The number of phenols is 1. The summed E-state index contributed by atoms with van der Waals surface area (Å²) in [6.45, 7) is 2.13. The zero-order chi connectivity index (χ0) is 15.1. The third-order valence-electron chi connectivity index (χ3n) is 3.51. The minimum atomic E-state index is 0.126. The van der Waals surface area contributed by atoms with Crippen molar-refractivity contribution >= 4 is 0 Å². The highest BCUT2D eigenvalue weighted by molar-refractivity contribution is 5.36. The lowest BCUT2D eigenvalue weighted by Gasteiger charge is -2.19. The lowest BCUT2D eigenvalue weighted by Crippen LogP contribution is -2.26. The van der Waals surface area contributed by atoms with Crippen LogP contribution < -0.4 is 11.1 Å².